The third kappa shape index (κ3) is 8.01. The van der Waals surface area contributed by atoms with E-state index in [4.69, 9.17) is 9.98 Å². The largest absolute Gasteiger partial charge is 0.368 e. The van der Waals surface area contributed by atoms with E-state index in [1.165, 1.54) is 12.1 Å². The second kappa shape index (κ2) is 15.9. The number of rotatable bonds is 9. The van der Waals surface area contributed by atoms with Crippen molar-refractivity contribution in [2.45, 2.75) is 81.5 Å². The maximum absolute atomic E-state index is 15.4. The first-order valence-electron chi connectivity index (χ1n) is 20.0. The number of imide groups is 1. The van der Waals surface area contributed by atoms with E-state index >= 15 is 8.78 Å². The van der Waals surface area contributed by atoms with Crippen LogP contribution in [0.15, 0.2) is 71.1 Å². The van der Waals surface area contributed by atoms with Crippen molar-refractivity contribution in [1.82, 2.24) is 35.2 Å². The summed E-state index contributed by atoms with van der Waals surface area (Å²) in [5, 5.41) is 8.92. The smallest absolute Gasteiger partial charge is 0.285 e. The predicted molar refractivity (Wildman–Crippen MR) is 210 cm³/mol. The average Bonchev–Trinajstić information content (AvgIpc) is 3.86. The van der Waals surface area contributed by atoms with Crippen molar-refractivity contribution in [3.8, 4) is 0 Å². The van der Waals surface area contributed by atoms with Gasteiger partial charge in [0.1, 0.15) is 11.5 Å². The second-order valence-corrected chi connectivity index (χ2v) is 16.1. The van der Waals surface area contributed by atoms with Crippen molar-refractivity contribution >= 4 is 35.2 Å². The fourth-order valence-electron chi connectivity index (χ4n) is 9.11. The van der Waals surface area contributed by atoms with Crippen LogP contribution in [-0.2, 0) is 20.3 Å². The lowest BCUT2D eigenvalue weighted by Gasteiger charge is -2.43. The second-order valence-electron chi connectivity index (χ2n) is 16.1. The summed E-state index contributed by atoms with van der Waals surface area (Å²) in [5.41, 5.74) is 3.34. The first-order chi connectivity index (χ1) is 27.0. The van der Waals surface area contributed by atoms with Crippen LogP contribution < -0.4 is 20.9 Å². The average molecular weight is 771 g/mol. The number of alkyl halides is 2. The Bertz CT molecular complexity index is 1880. The number of carbonyl (C=O) groups is 3. The zero-order valence-electron chi connectivity index (χ0n) is 32.2. The number of carbonyl (C=O) groups excluding carboxylic acids is 3. The monoisotopic (exact) mass is 770 g/mol. The summed E-state index contributed by atoms with van der Waals surface area (Å²) < 4.78 is 30.8. The number of guanidine groups is 1. The number of anilines is 2. The number of hydrogen-bond acceptors (Lipinski definition) is 11. The van der Waals surface area contributed by atoms with Gasteiger partial charge in [-0.2, -0.15) is 8.78 Å². The molecule has 6 heterocycles. The Labute approximate surface area is 326 Å². The van der Waals surface area contributed by atoms with Crippen LogP contribution in [0.4, 0.5) is 20.3 Å². The highest BCUT2D eigenvalue weighted by Crippen LogP contribution is 2.38. The topological polar surface area (TPSA) is 129 Å². The molecule has 2 aromatic rings. The number of pyridine rings is 1. The summed E-state index contributed by atoms with van der Waals surface area (Å²) in [4.78, 5) is 57.0. The van der Waals surface area contributed by atoms with Gasteiger partial charge in [-0.15, -0.1) is 0 Å². The maximum atomic E-state index is 15.4. The lowest BCUT2D eigenvalue weighted by atomic mass is 9.89. The molecule has 1 aliphatic carbocycles. The number of aromatic nitrogens is 1. The minimum atomic E-state index is -3.01. The number of likely N-dealkylation sites (tertiary alicyclic amines) is 1. The predicted octanol–water partition coefficient (Wildman–Crippen LogP) is 3.79. The molecule has 13 nitrogen and oxygen atoms in total. The molecule has 298 valence electrons. The summed E-state index contributed by atoms with van der Waals surface area (Å²) in [6, 6.07) is 10.7. The van der Waals surface area contributed by atoms with E-state index in [-0.39, 0.29) is 42.4 Å². The molecule has 0 bridgehead atoms. The van der Waals surface area contributed by atoms with E-state index in [0.29, 0.717) is 54.6 Å². The zero-order valence-corrected chi connectivity index (χ0v) is 32.2. The van der Waals surface area contributed by atoms with E-state index in [2.05, 4.69) is 36.7 Å². The van der Waals surface area contributed by atoms with Gasteiger partial charge in [0.15, 0.2) is 6.17 Å². The maximum Gasteiger partial charge on any atom is 0.285 e. The Hall–Kier alpha value is -4.89. The molecule has 1 aromatic carbocycles. The number of piperidine rings is 2. The van der Waals surface area contributed by atoms with Gasteiger partial charge in [-0.1, -0.05) is 37.1 Å². The van der Waals surface area contributed by atoms with Crippen molar-refractivity contribution in [3.05, 3.63) is 77.3 Å². The van der Waals surface area contributed by atoms with Gasteiger partial charge in [-0.05, 0) is 69.0 Å². The van der Waals surface area contributed by atoms with Crippen LogP contribution in [0.3, 0.4) is 0 Å². The van der Waals surface area contributed by atoms with Gasteiger partial charge in [0, 0.05) is 76.1 Å². The molecule has 8 rings (SSSR count). The summed E-state index contributed by atoms with van der Waals surface area (Å²) in [5.74, 6) is -2.89. The lowest BCUT2D eigenvalue weighted by Crippen LogP contribution is -2.54. The quantitative estimate of drug-likeness (QED) is 0.325. The Morgan fingerprint density at radius 2 is 1.66 bits per heavy atom. The van der Waals surface area contributed by atoms with Crippen molar-refractivity contribution in [2.24, 2.45) is 4.99 Å². The van der Waals surface area contributed by atoms with E-state index in [9.17, 15) is 14.4 Å². The summed E-state index contributed by atoms with van der Waals surface area (Å²) in [7, 11) is 3.57. The minimum absolute atomic E-state index is 0.00560. The number of amides is 3. The molecule has 2 atom stereocenters. The molecule has 1 saturated carbocycles. The highest BCUT2D eigenvalue weighted by Gasteiger charge is 2.41. The SMILES string of the molecule is CN(C)C(=O)C1=CC2=CNC(Nc3ccc(N4CCN(C5CCN(CC(F)(F)c6ccc(C7CCC(=O)NC7=O)cc6)CC5)CC4)cn3)=NC2N1C1CCCC1. The Morgan fingerprint density at radius 1 is 0.929 bits per heavy atom. The number of hydrogen-bond donors (Lipinski definition) is 3. The van der Waals surface area contributed by atoms with Crippen molar-refractivity contribution in [1.29, 1.82) is 0 Å². The Balaban J connectivity index is 0.795. The van der Waals surface area contributed by atoms with E-state index < -0.39 is 11.8 Å². The van der Waals surface area contributed by atoms with Crippen molar-refractivity contribution in [2.75, 3.05) is 70.1 Å². The molecule has 0 radical (unpaired) electrons. The van der Waals surface area contributed by atoms with Crippen LogP contribution in [0, 0.1) is 0 Å². The standard InChI is InChI=1S/C41H52F2N10O3/c1-49(2)39(56)34-23-28-24-45-40(48-37(28)53(34)31-5-3-4-6-31)46-35-13-11-32(25-44-35)52-21-19-51(20-22-52)30-15-17-50(18-16-30)26-41(42,43)29-9-7-27(8-10-29)33-12-14-36(54)47-38(33)55/h7-11,13,23-25,30-31,33,37H,3-6,12,14-22,26H2,1-2H3,(H,47,54,55)(H2,44,45,46,48). The van der Waals surface area contributed by atoms with Crippen LogP contribution in [0.2, 0.25) is 0 Å². The van der Waals surface area contributed by atoms with Gasteiger partial charge in [-0.25, -0.2) is 9.98 Å². The fourth-order valence-corrected chi connectivity index (χ4v) is 9.11. The molecule has 3 saturated heterocycles. The van der Waals surface area contributed by atoms with Gasteiger partial charge in [0.2, 0.25) is 17.8 Å². The minimum Gasteiger partial charge on any atom is -0.368 e. The number of likely N-dealkylation sites (N-methyl/N-ethyl adjacent to an activating group) is 1. The highest BCUT2D eigenvalue weighted by molar-refractivity contribution is 6.01. The first-order valence-corrected chi connectivity index (χ1v) is 20.0. The number of piperazine rings is 1. The summed E-state index contributed by atoms with van der Waals surface area (Å²) >= 11 is 0. The Kier molecular flexibility index (Phi) is 10.8. The molecule has 0 spiro atoms. The fraction of sp³-hybridized carbons (Fsp3) is 0.537. The number of aliphatic imine (C=N–C) groups is 1. The van der Waals surface area contributed by atoms with E-state index in [0.717, 1.165) is 76.0 Å². The van der Waals surface area contributed by atoms with Gasteiger partial charge in [0.25, 0.3) is 11.8 Å². The van der Waals surface area contributed by atoms with Crippen LogP contribution >= 0.6 is 0 Å². The highest BCUT2D eigenvalue weighted by atomic mass is 19.3. The lowest BCUT2D eigenvalue weighted by molar-refractivity contribution is -0.134. The molecule has 2 unspecified atom stereocenters. The van der Waals surface area contributed by atoms with Gasteiger partial charge >= 0.3 is 0 Å². The molecular weight excluding hydrogens is 719 g/mol. The Morgan fingerprint density at radius 3 is 2.32 bits per heavy atom. The molecule has 15 heteroatoms. The van der Waals surface area contributed by atoms with Crippen molar-refractivity contribution < 1.29 is 23.2 Å². The zero-order chi connectivity index (χ0) is 39.0. The summed E-state index contributed by atoms with van der Waals surface area (Å²) in [6.07, 6.45) is 12.3. The molecule has 1 aromatic heterocycles. The van der Waals surface area contributed by atoms with Crippen molar-refractivity contribution in [3.63, 3.8) is 0 Å². The molecule has 4 fully saturated rings. The molecular formula is C41H52F2N10O3. The summed E-state index contributed by atoms with van der Waals surface area (Å²) in [6.45, 7) is 4.44. The molecule has 3 N–H and O–H groups in total. The number of halogens is 2. The molecule has 5 aliphatic heterocycles. The first kappa shape index (κ1) is 38.0. The van der Waals surface area contributed by atoms with Gasteiger partial charge in [0.05, 0.1) is 24.3 Å². The van der Waals surface area contributed by atoms with Crippen LogP contribution in [0.1, 0.15) is 68.4 Å². The van der Waals surface area contributed by atoms with Crippen LogP contribution in [0.25, 0.3) is 0 Å². The third-order valence-electron chi connectivity index (χ3n) is 12.3. The van der Waals surface area contributed by atoms with Gasteiger partial charge < -0.3 is 25.3 Å². The molecule has 3 amide bonds. The van der Waals surface area contributed by atoms with Crippen LogP contribution in [0.5, 0.6) is 0 Å². The number of fused-ring (bicyclic) bond motifs is 1. The van der Waals surface area contributed by atoms with Crippen LogP contribution in [-0.4, -0.2) is 126 Å². The normalized spacial score (nSPS) is 24.2. The molecule has 6 aliphatic rings. The molecule has 56 heavy (non-hydrogen) atoms. The number of benzene rings is 1. The third-order valence-corrected chi connectivity index (χ3v) is 12.3. The number of nitrogens with zero attached hydrogens (tertiary/aromatic N) is 7. The van der Waals surface area contributed by atoms with E-state index in [1.54, 1.807) is 31.1 Å². The van der Waals surface area contributed by atoms with Gasteiger partial charge in [-0.3, -0.25) is 29.5 Å². The van der Waals surface area contributed by atoms with E-state index in [1.807, 2.05) is 29.4 Å². The number of nitrogens with one attached hydrogen (secondary N) is 3.